The van der Waals surface area contributed by atoms with E-state index in [9.17, 15) is 0 Å². The van der Waals surface area contributed by atoms with E-state index in [0.717, 1.165) is 0 Å². The van der Waals surface area contributed by atoms with Crippen LogP contribution in [-0.2, 0) is 14.0 Å². The zero-order valence-corrected chi connectivity index (χ0v) is 6.27. The Morgan fingerprint density at radius 3 is 1.91 bits per heavy atom. The van der Waals surface area contributed by atoms with Crippen molar-refractivity contribution in [2.45, 2.75) is 20.0 Å². The summed E-state index contributed by atoms with van der Waals surface area (Å²) in [5.41, 5.74) is 0. The van der Waals surface area contributed by atoms with Gasteiger partial charge in [0.05, 0.1) is 0 Å². The molecule has 11 heavy (non-hydrogen) atoms. The van der Waals surface area contributed by atoms with Crippen LogP contribution < -0.4 is 0 Å². The van der Waals surface area contributed by atoms with Gasteiger partial charge in [0.1, 0.15) is 0 Å². The molecule has 0 N–H and O–H groups in total. The first kappa shape index (κ1) is 9.60. The number of rotatable bonds is 4. The fraction of sp³-hybridized carbons (Fsp3) is 0.600. The maximum Gasteiger partial charge on any atom is 0.808 e. The molecule has 0 aliphatic heterocycles. The van der Waals surface area contributed by atoms with Crippen LogP contribution in [0.2, 0.25) is 0 Å². The second kappa shape index (κ2) is 5.39. The molecule has 5 nitrogen and oxygen atoms in total. The van der Waals surface area contributed by atoms with Gasteiger partial charge in [-0.15, -0.1) is 0 Å². The van der Waals surface area contributed by atoms with E-state index in [1.165, 1.54) is 12.5 Å². The highest BCUT2D eigenvalue weighted by Crippen LogP contribution is 1.95. The Hall–Kier alpha value is -1.40. The van der Waals surface area contributed by atoms with Crippen LogP contribution >= 0.6 is 0 Å². The van der Waals surface area contributed by atoms with Gasteiger partial charge in [0.2, 0.25) is 0 Å². The van der Waals surface area contributed by atoms with Crippen molar-refractivity contribution in [3.63, 3.8) is 0 Å². The number of hydrogen-bond donors (Lipinski definition) is 0. The van der Waals surface area contributed by atoms with Crippen LogP contribution in [0, 0.1) is 23.0 Å². The molecule has 0 fully saturated rings. The zero-order chi connectivity index (χ0) is 8.69. The van der Waals surface area contributed by atoms with E-state index in [1.807, 2.05) is 0 Å². The molecular formula is C5H7BN2O3. The second-order valence-corrected chi connectivity index (χ2v) is 1.89. The molecule has 0 aliphatic rings. The molecule has 0 amide bonds. The third kappa shape index (κ3) is 5.07. The third-order valence-corrected chi connectivity index (χ3v) is 0.681. The van der Waals surface area contributed by atoms with Crippen molar-refractivity contribution < 1.29 is 14.0 Å². The summed E-state index contributed by atoms with van der Waals surface area (Å²) in [6.45, 7) is 3.46. The zero-order valence-electron chi connectivity index (χ0n) is 6.27. The van der Waals surface area contributed by atoms with Crippen LogP contribution in [-0.4, -0.2) is 13.4 Å². The Bertz CT molecular complexity index is 167. The molecule has 0 aromatic rings. The van der Waals surface area contributed by atoms with Gasteiger partial charge in [0.25, 0.3) is 12.5 Å². The maximum atomic E-state index is 8.03. The summed E-state index contributed by atoms with van der Waals surface area (Å²) in [5, 5.41) is 16.1. The molecule has 0 radical (unpaired) electrons. The van der Waals surface area contributed by atoms with Crippen LogP contribution in [0.4, 0.5) is 0 Å². The molecular weight excluding hydrogens is 147 g/mol. The van der Waals surface area contributed by atoms with E-state index in [0.29, 0.717) is 0 Å². The summed E-state index contributed by atoms with van der Waals surface area (Å²) in [4.78, 5) is 0. The van der Waals surface area contributed by atoms with Gasteiger partial charge < -0.3 is 14.0 Å². The standard InChI is InChI=1S/C5H7BN2O3/c1-5(2)11-6(9-3-7)10-4-8/h5H,1-2H3. The van der Waals surface area contributed by atoms with Gasteiger partial charge in [0.15, 0.2) is 0 Å². The van der Waals surface area contributed by atoms with Gasteiger partial charge >= 0.3 is 7.32 Å². The van der Waals surface area contributed by atoms with Gasteiger partial charge in [-0.3, -0.25) is 0 Å². The highest BCUT2D eigenvalue weighted by Gasteiger charge is 2.27. The lowest BCUT2D eigenvalue weighted by Gasteiger charge is -2.07. The Labute approximate surface area is 65.3 Å². The summed E-state index contributed by atoms with van der Waals surface area (Å²) < 4.78 is 13.3. The Balaban J connectivity index is 3.73. The predicted octanol–water partition coefficient (Wildman–Crippen LogP) is 0.392. The Morgan fingerprint density at radius 1 is 1.18 bits per heavy atom. The summed E-state index contributed by atoms with van der Waals surface area (Å²) in [6.07, 6.45) is 2.55. The van der Waals surface area contributed by atoms with E-state index in [4.69, 9.17) is 15.2 Å². The molecule has 0 unspecified atom stereocenters. The van der Waals surface area contributed by atoms with Crippen molar-refractivity contribution in [3.05, 3.63) is 0 Å². The predicted molar refractivity (Wildman–Crippen MR) is 35.4 cm³/mol. The van der Waals surface area contributed by atoms with E-state index >= 15 is 0 Å². The number of hydrogen-bond acceptors (Lipinski definition) is 5. The number of nitriles is 2. The first-order chi connectivity index (χ1) is 5.20. The fourth-order valence-corrected chi connectivity index (χ4v) is 0.388. The summed E-state index contributed by atoms with van der Waals surface area (Å²) in [6, 6.07) is 0. The van der Waals surface area contributed by atoms with Crippen molar-refractivity contribution in [2.24, 2.45) is 0 Å². The minimum absolute atomic E-state index is 0.165. The van der Waals surface area contributed by atoms with Gasteiger partial charge in [-0.2, -0.15) is 10.5 Å². The van der Waals surface area contributed by atoms with Crippen molar-refractivity contribution in [2.75, 3.05) is 0 Å². The molecule has 0 atom stereocenters. The van der Waals surface area contributed by atoms with Crippen molar-refractivity contribution in [1.29, 1.82) is 10.5 Å². The highest BCUT2D eigenvalue weighted by atomic mass is 16.7. The molecule has 0 aromatic heterocycles. The SMILES string of the molecule is CC(C)OB(OC#N)OC#N. The van der Waals surface area contributed by atoms with Gasteiger partial charge in [-0.05, 0) is 13.8 Å². The summed E-state index contributed by atoms with van der Waals surface area (Å²) >= 11 is 0. The first-order valence-corrected chi connectivity index (χ1v) is 2.95. The lowest BCUT2D eigenvalue weighted by molar-refractivity contribution is 0.136. The van der Waals surface area contributed by atoms with E-state index in [-0.39, 0.29) is 6.10 Å². The van der Waals surface area contributed by atoms with Gasteiger partial charge in [-0.25, -0.2) is 0 Å². The van der Waals surface area contributed by atoms with Gasteiger partial charge in [-0.1, -0.05) is 0 Å². The molecule has 58 valence electrons. The highest BCUT2D eigenvalue weighted by molar-refractivity contribution is 6.37. The van der Waals surface area contributed by atoms with Crippen molar-refractivity contribution in [3.8, 4) is 12.5 Å². The first-order valence-electron chi connectivity index (χ1n) is 2.95. The lowest BCUT2D eigenvalue weighted by atomic mass is 10.2. The molecule has 0 saturated heterocycles. The van der Waals surface area contributed by atoms with Gasteiger partial charge in [0, 0.05) is 6.10 Å². The van der Waals surface area contributed by atoms with Crippen molar-refractivity contribution in [1.82, 2.24) is 0 Å². The molecule has 0 aromatic carbocycles. The van der Waals surface area contributed by atoms with Crippen LogP contribution in [0.15, 0.2) is 0 Å². The average molecular weight is 154 g/mol. The van der Waals surface area contributed by atoms with E-state index in [2.05, 4.69) is 9.31 Å². The lowest BCUT2D eigenvalue weighted by Crippen LogP contribution is -2.26. The Kier molecular flexibility index (Phi) is 4.71. The average Bonchev–Trinajstić information content (AvgIpc) is 1.87. The molecule has 0 saturated carbocycles. The minimum atomic E-state index is -1.22. The fourth-order valence-electron chi connectivity index (χ4n) is 0.388. The van der Waals surface area contributed by atoms with Crippen LogP contribution in [0.3, 0.4) is 0 Å². The molecule has 0 heterocycles. The topological polar surface area (TPSA) is 75.3 Å². The molecule has 0 rings (SSSR count). The van der Waals surface area contributed by atoms with Crippen LogP contribution in [0.5, 0.6) is 0 Å². The normalized spacial score (nSPS) is 8.09. The number of nitrogens with zero attached hydrogens (tertiary/aromatic N) is 2. The second-order valence-electron chi connectivity index (χ2n) is 1.89. The monoisotopic (exact) mass is 154 g/mol. The Morgan fingerprint density at radius 2 is 1.64 bits per heavy atom. The maximum absolute atomic E-state index is 8.03. The largest absolute Gasteiger partial charge is 0.808 e. The summed E-state index contributed by atoms with van der Waals surface area (Å²) in [7, 11) is -1.22. The quantitative estimate of drug-likeness (QED) is 0.432. The smallest absolute Gasteiger partial charge is 0.430 e. The molecule has 0 aliphatic carbocycles. The molecule has 6 heteroatoms. The third-order valence-electron chi connectivity index (χ3n) is 0.681. The summed E-state index contributed by atoms with van der Waals surface area (Å²) in [5.74, 6) is 0. The molecule has 0 spiro atoms. The minimum Gasteiger partial charge on any atom is -0.430 e. The van der Waals surface area contributed by atoms with Crippen molar-refractivity contribution >= 4 is 7.32 Å². The van der Waals surface area contributed by atoms with Crippen LogP contribution in [0.25, 0.3) is 0 Å². The van der Waals surface area contributed by atoms with E-state index < -0.39 is 7.32 Å². The molecule has 0 bridgehead atoms. The van der Waals surface area contributed by atoms with E-state index in [1.54, 1.807) is 13.8 Å². The van der Waals surface area contributed by atoms with Crippen LogP contribution in [0.1, 0.15) is 13.8 Å².